The summed E-state index contributed by atoms with van der Waals surface area (Å²) in [4.78, 5) is 25.2. The highest BCUT2D eigenvalue weighted by molar-refractivity contribution is 7.89. The van der Waals surface area contributed by atoms with Gasteiger partial charge in [-0.3, -0.25) is 4.79 Å². The molecule has 1 aliphatic heterocycles. The van der Waals surface area contributed by atoms with Crippen LogP contribution in [0.2, 0.25) is 0 Å². The summed E-state index contributed by atoms with van der Waals surface area (Å²) in [6.45, 7) is 6.42. The van der Waals surface area contributed by atoms with Gasteiger partial charge in [0.05, 0.1) is 6.61 Å². The molecule has 184 valence electrons. The average Bonchev–Trinajstić information content (AvgIpc) is 3.04. The van der Waals surface area contributed by atoms with E-state index in [0.717, 1.165) is 19.3 Å². The van der Waals surface area contributed by atoms with Crippen molar-refractivity contribution in [2.75, 3.05) is 26.2 Å². The smallest absolute Gasteiger partial charge is 0.341 e. The van der Waals surface area contributed by atoms with Crippen LogP contribution < -0.4 is 5.32 Å². The van der Waals surface area contributed by atoms with Crippen LogP contribution in [0.25, 0.3) is 0 Å². The van der Waals surface area contributed by atoms with E-state index in [2.05, 4.69) is 11.4 Å². The quantitative estimate of drug-likeness (QED) is 0.456. The van der Waals surface area contributed by atoms with Crippen LogP contribution in [0.4, 0.5) is 0 Å². The van der Waals surface area contributed by atoms with Crippen LogP contribution in [-0.4, -0.2) is 55.4 Å². The maximum absolute atomic E-state index is 13.5. The van der Waals surface area contributed by atoms with E-state index in [0.29, 0.717) is 30.8 Å². The molecule has 1 aromatic rings. The van der Waals surface area contributed by atoms with Crippen LogP contribution in [0.3, 0.4) is 0 Å². The first-order valence-corrected chi connectivity index (χ1v) is 13.4. The van der Waals surface area contributed by atoms with Crippen LogP contribution in [0.15, 0.2) is 16.5 Å². The molecule has 0 radical (unpaired) electrons. The Morgan fingerprint density at radius 2 is 1.85 bits per heavy atom. The van der Waals surface area contributed by atoms with Crippen molar-refractivity contribution in [3.63, 3.8) is 0 Å². The minimum atomic E-state index is -3.90. The molecule has 1 aliphatic carbocycles. The summed E-state index contributed by atoms with van der Waals surface area (Å²) in [7, 11) is -2.15. The molecule has 0 unspecified atom stereocenters. The lowest BCUT2D eigenvalue weighted by Gasteiger charge is -2.30. The van der Waals surface area contributed by atoms with Gasteiger partial charge in [0, 0.05) is 44.0 Å². The zero-order valence-corrected chi connectivity index (χ0v) is 21.1. The Morgan fingerprint density at radius 3 is 2.45 bits per heavy atom. The monoisotopic (exact) mass is 479 g/mol. The van der Waals surface area contributed by atoms with Gasteiger partial charge in [-0.25, -0.2) is 13.2 Å². The normalized spacial score (nSPS) is 18.1. The Balaban J connectivity index is 1.64. The van der Waals surface area contributed by atoms with Crippen molar-refractivity contribution in [2.24, 2.45) is 13.0 Å². The third-order valence-electron chi connectivity index (χ3n) is 6.96. The zero-order chi connectivity index (χ0) is 24.2. The summed E-state index contributed by atoms with van der Waals surface area (Å²) in [5.74, 6) is -0.818. The number of carbonyl (C=O) groups excluding carboxylic acids is 2. The Kier molecular flexibility index (Phi) is 8.39. The van der Waals surface area contributed by atoms with E-state index in [4.69, 9.17) is 4.74 Å². The Hall–Kier alpha value is -2.13. The van der Waals surface area contributed by atoms with Crippen molar-refractivity contribution in [1.82, 2.24) is 14.2 Å². The molecule has 33 heavy (non-hydrogen) atoms. The Bertz CT molecular complexity index is 1020. The first-order valence-electron chi connectivity index (χ1n) is 12.0. The number of nitrogens with one attached hydrogen (secondary N) is 1. The first-order chi connectivity index (χ1) is 15.7. The van der Waals surface area contributed by atoms with Gasteiger partial charge >= 0.3 is 5.97 Å². The SMILES string of the molecule is CCOC(=O)c1c(S(=O)(=O)N2CCC(C(=O)NCCC3=CCCCC3)CC2)c(C)n(C)c1C. The van der Waals surface area contributed by atoms with Crippen molar-refractivity contribution in [1.29, 1.82) is 0 Å². The maximum atomic E-state index is 13.5. The molecular weight excluding hydrogens is 442 g/mol. The van der Waals surface area contributed by atoms with Gasteiger partial charge in [-0.05, 0) is 65.7 Å². The number of piperidine rings is 1. The van der Waals surface area contributed by atoms with Gasteiger partial charge in [-0.15, -0.1) is 0 Å². The molecule has 2 aliphatic rings. The average molecular weight is 480 g/mol. The molecule has 0 bridgehead atoms. The number of ether oxygens (including phenoxy) is 1. The number of nitrogens with zero attached hydrogens (tertiary/aromatic N) is 2. The number of carbonyl (C=O) groups is 2. The van der Waals surface area contributed by atoms with Gasteiger partial charge in [-0.2, -0.15) is 4.31 Å². The topological polar surface area (TPSA) is 97.7 Å². The molecule has 0 aromatic carbocycles. The standard InChI is InChI=1S/C24H37N3O5S/c1-5-32-24(29)21-17(2)26(4)18(3)22(21)33(30,31)27-15-12-20(13-16-27)23(28)25-14-11-19-9-7-6-8-10-19/h9,20H,5-8,10-16H2,1-4H3,(H,25,28). The molecule has 2 heterocycles. The lowest BCUT2D eigenvalue weighted by atomic mass is 9.96. The molecule has 0 saturated carbocycles. The van der Waals surface area contributed by atoms with Crippen LogP contribution in [-0.2, 0) is 26.6 Å². The predicted molar refractivity (Wildman–Crippen MR) is 127 cm³/mol. The summed E-state index contributed by atoms with van der Waals surface area (Å²) in [6, 6.07) is 0. The lowest BCUT2D eigenvalue weighted by molar-refractivity contribution is -0.126. The number of amides is 1. The van der Waals surface area contributed by atoms with Gasteiger partial charge in [0.2, 0.25) is 15.9 Å². The number of esters is 1. The highest BCUT2D eigenvalue weighted by Gasteiger charge is 2.38. The largest absolute Gasteiger partial charge is 0.462 e. The van der Waals surface area contributed by atoms with Gasteiger partial charge in [0.25, 0.3) is 0 Å². The number of allylic oxidation sites excluding steroid dienone is 1. The maximum Gasteiger partial charge on any atom is 0.341 e. The molecule has 1 amide bonds. The van der Waals surface area contributed by atoms with Gasteiger partial charge < -0.3 is 14.6 Å². The summed E-state index contributed by atoms with van der Waals surface area (Å²) in [5.41, 5.74) is 2.60. The summed E-state index contributed by atoms with van der Waals surface area (Å²) < 4.78 is 35.3. The third kappa shape index (κ3) is 5.51. The van der Waals surface area contributed by atoms with Gasteiger partial charge in [0.1, 0.15) is 10.5 Å². The summed E-state index contributed by atoms with van der Waals surface area (Å²) >= 11 is 0. The fourth-order valence-corrected chi connectivity index (χ4v) is 6.73. The van der Waals surface area contributed by atoms with Gasteiger partial charge in [0.15, 0.2) is 0 Å². The number of hydrogen-bond donors (Lipinski definition) is 1. The summed E-state index contributed by atoms with van der Waals surface area (Å²) in [6.07, 6.45) is 8.85. The van der Waals surface area contributed by atoms with E-state index in [1.165, 1.54) is 22.7 Å². The number of sulfonamides is 1. The van der Waals surface area contributed by atoms with Crippen molar-refractivity contribution >= 4 is 21.9 Å². The minimum absolute atomic E-state index is 0.00223. The summed E-state index contributed by atoms with van der Waals surface area (Å²) in [5, 5.41) is 3.03. The van der Waals surface area contributed by atoms with Gasteiger partial charge in [-0.1, -0.05) is 11.6 Å². The lowest BCUT2D eigenvalue weighted by Crippen LogP contribution is -2.43. The van der Waals surface area contributed by atoms with E-state index in [1.807, 2.05) is 0 Å². The van der Waals surface area contributed by atoms with Crippen LogP contribution in [0.5, 0.6) is 0 Å². The van der Waals surface area contributed by atoms with Crippen LogP contribution in [0.1, 0.15) is 73.6 Å². The fourth-order valence-electron chi connectivity index (χ4n) is 4.79. The third-order valence-corrected chi connectivity index (χ3v) is 9.02. The Morgan fingerprint density at radius 1 is 1.15 bits per heavy atom. The minimum Gasteiger partial charge on any atom is -0.462 e. The first kappa shape index (κ1) is 25.5. The van der Waals surface area contributed by atoms with Crippen molar-refractivity contribution < 1.29 is 22.7 Å². The molecular formula is C24H37N3O5S. The second-order valence-electron chi connectivity index (χ2n) is 8.98. The number of aromatic nitrogens is 1. The molecule has 1 aromatic heterocycles. The molecule has 0 atom stereocenters. The van der Waals surface area contributed by atoms with Crippen LogP contribution >= 0.6 is 0 Å². The second-order valence-corrected chi connectivity index (χ2v) is 10.9. The fraction of sp³-hybridized carbons (Fsp3) is 0.667. The van der Waals surface area contributed by atoms with Crippen molar-refractivity contribution in [3.8, 4) is 0 Å². The van der Waals surface area contributed by atoms with E-state index < -0.39 is 16.0 Å². The molecule has 1 fully saturated rings. The molecule has 3 rings (SSSR count). The molecule has 8 nitrogen and oxygen atoms in total. The molecule has 0 spiro atoms. The zero-order valence-electron chi connectivity index (χ0n) is 20.3. The highest BCUT2D eigenvalue weighted by Crippen LogP contribution is 2.32. The van der Waals surface area contributed by atoms with E-state index in [9.17, 15) is 18.0 Å². The predicted octanol–water partition coefficient (Wildman–Crippen LogP) is 3.23. The van der Waals surface area contributed by atoms with E-state index in [-0.39, 0.29) is 42.0 Å². The highest BCUT2D eigenvalue weighted by atomic mass is 32.2. The molecule has 1 saturated heterocycles. The number of hydrogen-bond acceptors (Lipinski definition) is 5. The van der Waals surface area contributed by atoms with Crippen molar-refractivity contribution in [2.45, 2.75) is 70.6 Å². The number of rotatable bonds is 8. The Labute approximate surface area is 197 Å². The molecule has 1 N–H and O–H groups in total. The van der Waals surface area contributed by atoms with Crippen molar-refractivity contribution in [3.05, 3.63) is 28.6 Å². The van der Waals surface area contributed by atoms with Crippen LogP contribution in [0, 0.1) is 19.8 Å². The van der Waals surface area contributed by atoms with E-state index >= 15 is 0 Å². The second kappa shape index (κ2) is 10.9. The molecule has 9 heteroatoms. The van der Waals surface area contributed by atoms with E-state index in [1.54, 1.807) is 32.4 Å².